The minimum Gasteiger partial charge on any atom is -0.497 e. The van der Waals surface area contributed by atoms with Gasteiger partial charge in [-0.15, -0.1) is 0 Å². The van der Waals surface area contributed by atoms with Crippen molar-refractivity contribution in [2.24, 2.45) is 0 Å². The second-order valence-electron chi connectivity index (χ2n) is 7.45. The molecule has 0 saturated carbocycles. The van der Waals surface area contributed by atoms with E-state index in [2.05, 4.69) is 36.2 Å². The summed E-state index contributed by atoms with van der Waals surface area (Å²) in [5.41, 5.74) is 2.85. The molecule has 4 N–H and O–H groups in total. The van der Waals surface area contributed by atoms with Crippen LogP contribution >= 0.6 is 11.6 Å². The molecule has 0 unspecified atom stereocenters. The molecule has 0 aliphatic carbocycles. The number of ether oxygens (including phenoxy) is 2. The maximum Gasteiger partial charge on any atom is 0.319 e. The van der Waals surface area contributed by atoms with E-state index in [1.807, 2.05) is 36.4 Å². The molecule has 2 aromatic carbocycles. The van der Waals surface area contributed by atoms with Gasteiger partial charge in [-0.25, -0.2) is 9.78 Å². The molecule has 36 heavy (non-hydrogen) atoms. The molecule has 0 aliphatic heterocycles. The van der Waals surface area contributed by atoms with Crippen molar-refractivity contribution in [3.05, 3.63) is 83.8 Å². The van der Waals surface area contributed by atoms with E-state index in [-0.39, 0.29) is 6.03 Å². The van der Waals surface area contributed by atoms with Crippen LogP contribution in [0.4, 0.5) is 33.6 Å². The Hall–Kier alpha value is -4.57. The number of hydrogen-bond donors (Lipinski definition) is 4. The summed E-state index contributed by atoms with van der Waals surface area (Å²) in [4.78, 5) is 25.0. The quantitative estimate of drug-likeness (QED) is 0.240. The van der Waals surface area contributed by atoms with E-state index in [9.17, 15) is 4.79 Å². The van der Waals surface area contributed by atoms with Gasteiger partial charge in [0.2, 0.25) is 5.95 Å². The molecule has 0 spiro atoms. The summed E-state index contributed by atoms with van der Waals surface area (Å²) < 4.78 is 10.7. The zero-order chi connectivity index (χ0) is 25.3. The molecule has 0 atom stereocenters. The third kappa shape index (κ3) is 6.51. The number of benzene rings is 2. The van der Waals surface area contributed by atoms with Gasteiger partial charge in [0, 0.05) is 36.4 Å². The average Bonchev–Trinajstić information content (AvgIpc) is 2.91. The van der Waals surface area contributed by atoms with Crippen LogP contribution in [0.15, 0.2) is 73.2 Å². The number of carbonyl (C=O) groups excluding carboxylic acids is 1. The number of nitrogens with zero attached hydrogens (tertiary/aromatic N) is 3. The number of hydrogen-bond acceptors (Lipinski definition) is 8. The van der Waals surface area contributed by atoms with Crippen LogP contribution in [-0.4, -0.2) is 35.2 Å². The number of rotatable bonds is 9. The smallest absolute Gasteiger partial charge is 0.319 e. The monoisotopic (exact) mass is 505 g/mol. The van der Waals surface area contributed by atoms with Gasteiger partial charge in [0.05, 0.1) is 26.1 Å². The molecule has 0 aliphatic rings. The molecule has 4 rings (SSSR count). The summed E-state index contributed by atoms with van der Waals surface area (Å²) in [6.45, 7) is 0.358. The third-order valence-corrected chi connectivity index (χ3v) is 5.26. The van der Waals surface area contributed by atoms with Crippen LogP contribution in [0, 0.1) is 0 Å². The fourth-order valence-electron chi connectivity index (χ4n) is 3.18. The summed E-state index contributed by atoms with van der Waals surface area (Å²) in [5.74, 6) is 1.97. The van der Waals surface area contributed by atoms with Crippen LogP contribution in [0.5, 0.6) is 11.5 Å². The van der Waals surface area contributed by atoms with Crippen LogP contribution in [0.1, 0.15) is 5.56 Å². The van der Waals surface area contributed by atoms with Crippen LogP contribution in [0.2, 0.25) is 5.02 Å². The van der Waals surface area contributed by atoms with E-state index in [1.165, 1.54) is 13.3 Å². The van der Waals surface area contributed by atoms with Gasteiger partial charge in [-0.2, -0.15) is 4.98 Å². The molecular formula is C25H24ClN7O3. The Kier molecular flexibility index (Phi) is 7.99. The van der Waals surface area contributed by atoms with Gasteiger partial charge in [0.25, 0.3) is 0 Å². The fourth-order valence-corrected chi connectivity index (χ4v) is 3.32. The van der Waals surface area contributed by atoms with Crippen molar-refractivity contribution in [1.82, 2.24) is 20.3 Å². The van der Waals surface area contributed by atoms with Crippen molar-refractivity contribution in [3.63, 3.8) is 0 Å². The highest BCUT2D eigenvalue weighted by Gasteiger charge is 2.11. The minimum atomic E-state index is -0.350. The van der Waals surface area contributed by atoms with Gasteiger partial charge in [-0.1, -0.05) is 17.7 Å². The van der Waals surface area contributed by atoms with E-state index in [1.54, 1.807) is 37.7 Å². The zero-order valence-corrected chi connectivity index (χ0v) is 20.3. The molecule has 2 heterocycles. The normalized spacial score (nSPS) is 10.3. The second-order valence-corrected chi connectivity index (χ2v) is 7.86. The van der Waals surface area contributed by atoms with E-state index in [0.717, 1.165) is 17.0 Å². The Labute approximate surface area is 213 Å². The van der Waals surface area contributed by atoms with Crippen LogP contribution in [-0.2, 0) is 6.54 Å². The van der Waals surface area contributed by atoms with E-state index >= 15 is 0 Å². The number of nitrogens with one attached hydrogen (secondary N) is 4. The minimum absolute atomic E-state index is 0.309. The Bertz CT molecular complexity index is 1320. The van der Waals surface area contributed by atoms with Crippen molar-refractivity contribution in [2.75, 3.05) is 30.2 Å². The van der Waals surface area contributed by atoms with Crippen molar-refractivity contribution >= 4 is 46.5 Å². The largest absolute Gasteiger partial charge is 0.497 e. The molecule has 0 bridgehead atoms. The lowest BCUT2D eigenvalue weighted by Gasteiger charge is -2.14. The molecule has 10 nitrogen and oxygen atoms in total. The maximum absolute atomic E-state index is 12.3. The summed E-state index contributed by atoms with van der Waals surface area (Å²) in [6.07, 6.45) is 4.87. The SMILES string of the molecule is COc1ccc(Nc2nc(Nc3ccc(NC(=O)NCc4cccnc4)cc3OC)ncc2Cl)cc1. The van der Waals surface area contributed by atoms with E-state index in [0.29, 0.717) is 40.5 Å². The lowest BCUT2D eigenvalue weighted by atomic mass is 10.2. The highest BCUT2D eigenvalue weighted by molar-refractivity contribution is 6.32. The van der Waals surface area contributed by atoms with Crippen molar-refractivity contribution in [3.8, 4) is 11.5 Å². The second kappa shape index (κ2) is 11.7. The number of halogens is 1. The molecule has 0 radical (unpaired) electrons. The summed E-state index contributed by atoms with van der Waals surface area (Å²) in [6, 6.07) is 15.9. The number of anilines is 5. The number of methoxy groups -OCH3 is 2. The van der Waals surface area contributed by atoms with Gasteiger partial charge >= 0.3 is 6.03 Å². The van der Waals surface area contributed by atoms with Crippen LogP contribution in [0.3, 0.4) is 0 Å². The predicted octanol–water partition coefficient (Wildman–Crippen LogP) is 5.35. The standard InChI is InChI=1S/C25H24ClN7O3/c1-35-19-8-5-17(6-9-19)30-23-20(26)15-28-24(33-23)32-21-10-7-18(12-22(21)36-2)31-25(34)29-14-16-4-3-11-27-13-16/h3-13,15H,14H2,1-2H3,(H2,29,31,34)(H2,28,30,32,33). The first-order chi connectivity index (χ1) is 17.5. The predicted molar refractivity (Wildman–Crippen MR) is 140 cm³/mol. The van der Waals surface area contributed by atoms with Crippen molar-refractivity contribution in [1.29, 1.82) is 0 Å². The zero-order valence-electron chi connectivity index (χ0n) is 19.6. The summed E-state index contributed by atoms with van der Waals surface area (Å²) in [7, 11) is 3.14. The first kappa shape index (κ1) is 24.6. The topological polar surface area (TPSA) is 122 Å². The molecule has 11 heteroatoms. The third-order valence-electron chi connectivity index (χ3n) is 4.98. The molecule has 0 fully saturated rings. The lowest BCUT2D eigenvalue weighted by molar-refractivity contribution is 0.251. The maximum atomic E-state index is 12.3. The molecular weight excluding hydrogens is 482 g/mol. The van der Waals surface area contributed by atoms with Crippen LogP contribution in [0.25, 0.3) is 0 Å². The molecule has 4 aromatic rings. The molecule has 2 aromatic heterocycles. The highest BCUT2D eigenvalue weighted by Crippen LogP contribution is 2.31. The lowest BCUT2D eigenvalue weighted by Crippen LogP contribution is -2.28. The number of amides is 2. The Morgan fingerprint density at radius 2 is 1.78 bits per heavy atom. The Morgan fingerprint density at radius 3 is 2.50 bits per heavy atom. The number of aromatic nitrogens is 3. The first-order valence-corrected chi connectivity index (χ1v) is 11.2. The molecule has 2 amide bonds. The Balaban J connectivity index is 1.42. The molecule has 0 saturated heterocycles. The fraction of sp³-hybridized carbons (Fsp3) is 0.120. The molecule has 184 valence electrons. The highest BCUT2D eigenvalue weighted by atomic mass is 35.5. The summed E-state index contributed by atoms with van der Waals surface area (Å²) in [5, 5.41) is 12.2. The number of urea groups is 1. The van der Waals surface area contributed by atoms with E-state index in [4.69, 9.17) is 21.1 Å². The van der Waals surface area contributed by atoms with Gasteiger partial charge in [0.1, 0.15) is 16.5 Å². The first-order valence-electron chi connectivity index (χ1n) is 10.9. The van der Waals surface area contributed by atoms with Gasteiger partial charge in [-0.3, -0.25) is 4.98 Å². The van der Waals surface area contributed by atoms with Crippen molar-refractivity contribution in [2.45, 2.75) is 6.54 Å². The van der Waals surface area contributed by atoms with Gasteiger partial charge in [-0.05, 0) is 48.0 Å². The van der Waals surface area contributed by atoms with Gasteiger partial charge < -0.3 is 30.7 Å². The summed E-state index contributed by atoms with van der Waals surface area (Å²) >= 11 is 6.29. The van der Waals surface area contributed by atoms with Crippen molar-refractivity contribution < 1.29 is 14.3 Å². The number of pyridine rings is 1. The van der Waals surface area contributed by atoms with Gasteiger partial charge in [0.15, 0.2) is 5.82 Å². The van der Waals surface area contributed by atoms with Crippen LogP contribution < -0.4 is 30.7 Å². The Morgan fingerprint density at radius 1 is 0.972 bits per heavy atom. The van der Waals surface area contributed by atoms with E-state index < -0.39 is 0 Å². The number of carbonyl (C=O) groups is 1. The average molecular weight is 506 g/mol.